The van der Waals surface area contributed by atoms with Gasteiger partial charge in [0.15, 0.2) is 0 Å². The fraction of sp³-hybridized carbons (Fsp3) is 1.00. The molecule has 0 aromatic carbocycles. The summed E-state index contributed by atoms with van der Waals surface area (Å²) in [6.45, 7) is 4.95. The lowest BCUT2D eigenvalue weighted by molar-refractivity contribution is 0.583. The lowest BCUT2D eigenvalue weighted by atomic mass is 10.4. The number of rotatable bonds is 8. The van der Waals surface area contributed by atoms with Gasteiger partial charge in [0.1, 0.15) is 9.84 Å². The van der Waals surface area contributed by atoms with Crippen LogP contribution in [0.25, 0.3) is 0 Å². The molecule has 0 radical (unpaired) electrons. The van der Waals surface area contributed by atoms with Crippen LogP contribution < -0.4 is 5.32 Å². The predicted molar refractivity (Wildman–Crippen MR) is 65.3 cm³/mol. The maximum absolute atomic E-state index is 11.4. The molecule has 0 heterocycles. The fourth-order valence-corrected chi connectivity index (χ4v) is 3.60. The lowest BCUT2D eigenvalue weighted by Gasteiger charge is -2.07. The predicted octanol–water partition coefficient (Wildman–Crippen LogP) is 0.168. The molecular formula is C9H21NO3S2. The summed E-state index contributed by atoms with van der Waals surface area (Å²) in [7, 11) is -3.97. The molecule has 0 aliphatic carbocycles. The van der Waals surface area contributed by atoms with Crippen molar-refractivity contribution < 1.29 is 12.6 Å². The summed E-state index contributed by atoms with van der Waals surface area (Å²) < 4.78 is 33.0. The van der Waals surface area contributed by atoms with Crippen molar-refractivity contribution in [3.63, 3.8) is 0 Å². The van der Waals surface area contributed by atoms with Gasteiger partial charge in [-0.2, -0.15) is 0 Å². The first kappa shape index (κ1) is 15.1. The molecular weight excluding hydrogens is 234 g/mol. The highest BCUT2D eigenvalue weighted by Gasteiger charge is 2.06. The van der Waals surface area contributed by atoms with Crippen molar-refractivity contribution in [2.24, 2.45) is 0 Å². The van der Waals surface area contributed by atoms with Gasteiger partial charge in [-0.1, -0.05) is 13.8 Å². The molecule has 0 saturated heterocycles. The Balaban J connectivity index is 3.50. The monoisotopic (exact) mass is 255 g/mol. The molecule has 0 aromatic heterocycles. The molecule has 0 aliphatic heterocycles. The van der Waals surface area contributed by atoms with Crippen LogP contribution in [0, 0.1) is 0 Å². The van der Waals surface area contributed by atoms with Crippen molar-refractivity contribution in [3.8, 4) is 0 Å². The summed E-state index contributed by atoms with van der Waals surface area (Å²) in [5.74, 6) is 0.868. The third-order valence-electron chi connectivity index (χ3n) is 1.78. The van der Waals surface area contributed by atoms with Gasteiger partial charge in [0.05, 0.1) is 5.75 Å². The Morgan fingerprint density at radius 1 is 1.27 bits per heavy atom. The van der Waals surface area contributed by atoms with Gasteiger partial charge in [-0.05, 0) is 13.0 Å². The first-order valence-electron chi connectivity index (χ1n) is 5.07. The lowest BCUT2D eigenvalue weighted by Crippen LogP contribution is -2.25. The Morgan fingerprint density at radius 3 is 2.33 bits per heavy atom. The molecule has 0 aromatic rings. The van der Waals surface area contributed by atoms with Crippen LogP contribution in [-0.2, 0) is 20.6 Å². The Kier molecular flexibility index (Phi) is 7.38. The van der Waals surface area contributed by atoms with Crippen LogP contribution in [0.5, 0.6) is 0 Å². The average Bonchev–Trinajstić information content (AvgIpc) is 2.07. The first-order valence-corrected chi connectivity index (χ1v) is 8.62. The smallest absolute Gasteiger partial charge is 0.148 e. The van der Waals surface area contributed by atoms with Crippen LogP contribution in [0.4, 0.5) is 0 Å². The second-order valence-electron chi connectivity index (χ2n) is 3.94. The van der Waals surface area contributed by atoms with E-state index in [9.17, 15) is 12.6 Å². The van der Waals surface area contributed by atoms with E-state index < -0.39 is 20.6 Å². The fourth-order valence-electron chi connectivity index (χ4n) is 0.970. The molecule has 92 valence electrons. The Bertz CT molecular complexity index is 286. The van der Waals surface area contributed by atoms with Gasteiger partial charge in [0.2, 0.25) is 0 Å². The van der Waals surface area contributed by atoms with Crippen LogP contribution in [0.15, 0.2) is 0 Å². The van der Waals surface area contributed by atoms with E-state index in [4.69, 9.17) is 0 Å². The number of hydrogen-bond acceptors (Lipinski definition) is 4. The second kappa shape index (κ2) is 7.35. The molecule has 0 fully saturated rings. The number of hydrogen-bond donors (Lipinski definition) is 1. The Labute approximate surface area is 95.2 Å². The van der Waals surface area contributed by atoms with Crippen molar-refractivity contribution in [2.75, 3.05) is 30.1 Å². The van der Waals surface area contributed by atoms with Crippen LogP contribution >= 0.6 is 0 Å². The van der Waals surface area contributed by atoms with E-state index in [-0.39, 0.29) is 11.5 Å². The standard InChI is InChI=1S/C9H21NO3S2/c1-9(2)10-5-4-6-14(11)7-8-15(3,12)13/h9-10H,4-8H2,1-3H3. The maximum atomic E-state index is 11.4. The van der Waals surface area contributed by atoms with Crippen molar-refractivity contribution in [1.29, 1.82) is 0 Å². The molecule has 0 spiro atoms. The first-order chi connectivity index (χ1) is 6.81. The van der Waals surface area contributed by atoms with E-state index in [0.29, 0.717) is 11.8 Å². The van der Waals surface area contributed by atoms with E-state index in [1.807, 2.05) is 0 Å². The van der Waals surface area contributed by atoms with E-state index in [2.05, 4.69) is 19.2 Å². The van der Waals surface area contributed by atoms with Crippen molar-refractivity contribution in [3.05, 3.63) is 0 Å². The zero-order valence-electron chi connectivity index (χ0n) is 9.65. The molecule has 6 heteroatoms. The van der Waals surface area contributed by atoms with Gasteiger partial charge in [-0.25, -0.2) is 8.42 Å². The molecule has 1 atom stereocenters. The largest absolute Gasteiger partial charge is 0.315 e. The van der Waals surface area contributed by atoms with Crippen LogP contribution in [0.2, 0.25) is 0 Å². The van der Waals surface area contributed by atoms with E-state index in [1.165, 1.54) is 6.26 Å². The van der Waals surface area contributed by atoms with Gasteiger partial charge in [-0.3, -0.25) is 4.21 Å². The molecule has 0 bridgehead atoms. The minimum atomic E-state index is -2.97. The minimum Gasteiger partial charge on any atom is -0.315 e. The molecule has 0 rings (SSSR count). The quantitative estimate of drug-likeness (QED) is 0.628. The highest BCUT2D eigenvalue weighted by atomic mass is 32.2. The average molecular weight is 255 g/mol. The van der Waals surface area contributed by atoms with Crippen molar-refractivity contribution in [2.45, 2.75) is 26.3 Å². The topological polar surface area (TPSA) is 63.2 Å². The number of sulfone groups is 1. The molecule has 0 aliphatic rings. The van der Waals surface area contributed by atoms with Gasteiger partial charge in [0, 0.05) is 34.6 Å². The van der Waals surface area contributed by atoms with Gasteiger partial charge in [-0.15, -0.1) is 0 Å². The molecule has 1 unspecified atom stereocenters. The summed E-state index contributed by atoms with van der Waals surface area (Å²) in [6.07, 6.45) is 2.00. The third-order valence-corrected chi connectivity index (χ3v) is 4.39. The van der Waals surface area contributed by atoms with E-state index in [1.54, 1.807) is 0 Å². The summed E-state index contributed by atoms with van der Waals surface area (Å²) in [6, 6.07) is 0.439. The normalized spacial score (nSPS) is 14.4. The zero-order valence-corrected chi connectivity index (χ0v) is 11.3. The summed E-state index contributed by atoms with van der Waals surface area (Å²) in [5, 5.41) is 3.22. The molecule has 0 saturated carbocycles. The van der Waals surface area contributed by atoms with Gasteiger partial charge in [0.25, 0.3) is 0 Å². The van der Waals surface area contributed by atoms with E-state index >= 15 is 0 Å². The third kappa shape index (κ3) is 12.0. The van der Waals surface area contributed by atoms with Crippen molar-refractivity contribution >= 4 is 20.6 Å². The van der Waals surface area contributed by atoms with Crippen LogP contribution in [0.3, 0.4) is 0 Å². The second-order valence-corrected chi connectivity index (χ2v) is 7.90. The van der Waals surface area contributed by atoms with E-state index in [0.717, 1.165) is 13.0 Å². The van der Waals surface area contributed by atoms with Crippen LogP contribution in [-0.4, -0.2) is 48.7 Å². The maximum Gasteiger partial charge on any atom is 0.148 e. The highest BCUT2D eigenvalue weighted by molar-refractivity contribution is 7.92. The van der Waals surface area contributed by atoms with Gasteiger partial charge >= 0.3 is 0 Å². The summed E-state index contributed by atoms with van der Waals surface area (Å²) >= 11 is 0. The Hall–Kier alpha value is 0.0600. The summed E-state index contributed by atoms with van der Waals surface area (Å²) in [5.41, 5.74) is 0. The minimum absolute atomic E-state index is 0.0250. The molecule has 15 heavy (non-hydrogen) atoms. The molecule has 4 nitrogen and oxygen atoms in total. The zero-order chi connectivity index (χ0) is 11.9. The Morgan fingerprint density at radius 2 is 1.87 bits per heavy atom. The molecule has 1 N–H and O–H groups in total. The van der Waals surface area contributed by atoms with Gasteiger partial charge < -0.3 is 5.32 Å². The highest BCUT2D eigenvalue weighted by Crippen LogP contribution is 1.91. The number of nitrogens with one attached hydrogen (secondary N) is 1. The van der Waals surface area contributed by atoms with Crippen molar-refractivity contribution in [1.82, 2.24) is 5.32 Å². The SMILES string of the molecule is CC(C)NCCCS(=O)CCS(C)(=O)=O. The summed E-state index contributed by atoms with van der Waals surface area (Å²) in [4.78, 5) is 0. The van der Waals surface area contributed by atoms with Crippen LogP contribution in [0.1, 0.15) is 20.3 Å². The molecule has 0 amide bonds.